The SMILES string of the molecule is CCC/C=C(/NC)N(C)CCCC. The summed E-state index contributed by atoms with van der Waals surface area (Å²) in [6.07, 6.45) is 7.17. The maximum Gasteiger partial charge on any atom is 0.0966 e. The predicted molar refractivity (Wildman–Crippen MR) is 59.6 cm³/mol. The highest BCUT2D eigenvalue weighted by Crippen LogP contribution is 2.02. The van der Waals surface area contributed by atoms with Gasteiger partial charge in [0.1, 0.15) is 0 Å². The van der Waals surface area contributed by atoms with Gasteiger partial charge in [-0.25, -0.2) is 0 Å². The molecule has 0 radical (unpaired) electrons. The third kappa shape index (κ3) is 5.56. The average Bonchev–Trinajstić information content (AvgIpc) is 2.16. The van der Waals surface area contributed by atoms with Crippen LogP contribution in [0.4, 0.5) is 0 Å². The Kier molecular flexibility index (Phi) is 7.56. The fourth-order valence-corrected chi connectivity index (χ4v) is 1.25. The zero-order valence-corrected chi connectivity index (χ0v) is 9.56. The van der Waals surface area contributed by atoms with E-state index in [0.717, 1.165) is 13.0 Å². The fraction of sp³-hybridized carbons (Fsp3) is 0.818. The number of nitrogens with one attached hydrogen (secondary N) is 1. The molecule has 0 bridgehead atoms. The second-order valence-corrected chi connectivity index (χ2v) is 3.40. The largest absolute Gasteiger partial charge is 0.375 e. The minimum atomic E-state index is 1.15. The van der Waals surface area contributed by atoms with E-state index in [1.807, 2.05) is 7.05 Å². The van der Waals surface area contributed by atoms with Crippen LogP contribution >= 0.6 is 0 Å². The first-order valence-corrected chi connectivity index (χ1v) is 5.35. The Balaban J connectivity index is 3.90. The van der Waals surface area contributed by atoms with Crippen molar-refractivity contribution in [3.05, 3.63) is 11.9 Å². The normalized spacial score (nSPS) is 11.5. The lowest BCUT2D eigenvalue weighted by Crippen LogP contribution is -2.27. The Morgan fingerprint density at radius 3 is 2.46 bits per heavy atom. The minimum Gasteiger partial charge on any atom is -0.375 e. The van der Waals surface area contributed by atoms with Gasteiger partial charge in [-0.05, 0) is 18.9 Å². The molecule has 78 valence electrons. The molecule has 0 heterocycles. The van der Waals surface area contributed by atoms with Gasteiger partial charge < -0.3 is 10.2 Å². The van der Waals surface area contributed by atoms with Gasteiger partial charge in [-0.15, -0.1) is 0 Å². The second-order valence-electron chi connectivity index (χ2n) is 3.40. The number of rotatable bonds is 7. The average molecular weight is 184 g/mol. The Hall–Kier alpha value is -0.660. The molecular weight excluding hydrogens is 160 g/mol. The summed E-state index contributed by atoms with van der Waals surface area (Å²) in [4.78, 5) is 2.29. The topological polar surface area (TPSA) is 15.3 Å². The molecule has 0 aliphatic rings. The van der Waals surface area contributed by atoms with Gasteiger partial charge in [-0.1, -0.05) is 26.7 Å². The van der Waals surface area contributed by atoms with Crippen molar-refractivity contribution in [1.29, 1.82) is 0 Å². The smallest absolute Gasteiger partial charge is 0.0966 e. The molecule has 0 fully saturated rings. The Labute approximate surface area is 83.0 Å². The maximum atomic E-state index is 3.23. The van der Waals surface area contributed by atoms with Crippen LogP contribution in [-0.4, -0.2) is 25.5 Å². The predicted octanol–water partition coefficient (Wildman–Crippen LogP) is 2.58. The van der Waals surface area contributed by atoms with Crippen molar-refractivity contribution in [1.82, 2.24) is 10.2 Å². The van der Waals surface area contributed by atoms with Gasteiger partial charge in [-0.2, -0.15) is 0 Å². The van der Waals surface area contributed by atoms with Gasteiger partial charge in [0.15, 0.2) is 0 Å². The van der Waals surface area contributed by atoms with Crippen LogP contribution in [0.2, 0.25) is 0 Å². The van der Waals surface area contributed by atoms with Crippen LogP contribution in [-0.2, 0) is 0 Å². The zero-order chi connectivity index (χ0) is 10.1. The van der Waals surface area contributed by atoms with E-state index < -0.39 is 0 Å². The van der Waals surface area contributed by atoms with Crippen molar-refractivity contribution < 1.29 is 0 Å². The van der Waals surface area contributed by atoms with Crippen molar-refractivity contribution in [2.45, 2.75) is 39.5 Å². The summed E-state index contributed by atoms with van der Waals surface area (Å²) in [5.41, 5.74) is 0. The highest BCUT2D eigenvalue weighted by Gasteiger charge is 1.99. The van der Waals surface area contributed by atoms with Crippen LogP contribution in [0, 0.1) is 0 Å². The molecule has 0 aliphatic carbocycles. The van der Waals surface area contributed by atoms with Gasteiger partial charge in [0.05, 0.1) is 5.82 Å². The van der Waals surface area contributed by atoms with E-state index >= 15 is 0 Å². The molecular formula is C11H24N2. The second kappa shape index (κ2) is 7.96. The summed E-state index contributed by atoms with van der Waals surface area (Å²) < 4.78 is 0. The van der Waals surface area contributed by atoms with E-state index in [-0.39, 0.29) is 0 Å². The lowest BCUT2D eigenvalue weighted by molar-refractivity contribution is 0.381. The number of nitrogens with zero attached hydrogens (tertiary/aromatic N) is 1. The number of allylic oxidation sites excluding steroid dienone is 1. The number of hydrogen-bond donors (Lipinski definition) is 1. The summed E-state index contributed by atoms with van der Waals surface area (Å²) in [6, 6.07) is 0. The summed E-state index contributed by atoms with van der Waals surface area (Å²) >= 11 is 0. The highest BCUT2D eigenvalue weighted by atomic mass is 15.2. The van der Waals surface area contributed by atoms with Crippen molar-refractivity contribution in [3.63, 3.8) is 0 Å². The van der Waals surface area contributed by atoms with E-state index in [0.29, 0.717) is 0 Å². The summed E-state index contributed by atoms with van der Waals surface area (Å²) in [5.74, 6) is 1.26. The van der Waals surface area contributed by atoms with Crippen molar-refractivity contribution >= 4 is 0 Å². The molecule has 0 unspecified atom stereocenters. The summed E-state index contributed by atoms with van der Waals surface area (Å²) in [5, 5.41) is 3.23. The fourth-order valence-electron chi connectivity index (χ4n) is 1.25. The molecule has 0 aliphatic heterocycles. The van der Waals surface area contributed by atoms with Crippen LogP contribution in [0.1, 0.15) is 39.5 Å². The van der Waals surface area contributed by atoms with Crippen LogP contribution in [0.3, 0.4) is 0 Å². The molecule has 0 aromatic heterocycles. The lowest BCUT2D eigenvalue weighted by Gasteiger charge is -2.22. The Bertz CT molecular complexity index is 141. The molecule has 0 saturated heterocycles. The molecule has 13 heavy (non-hydrogen) atoms. The molecule has 0 aromatic carbocycles. The van der Waals surface area contributed by atoms with Crippen LogP contribution in [0.15, 0.2) is 11.9 Å². The third-order valence-corrected chi connectivity index (χ3v) is 2.14. The van der Waals surface area contributed by atoms with E-state index in [2.05, 4.69) is 37.2 Å². The van der Waals surface area contributed by atoms with Crippen molar-refractivity contribution in [2.24, 2.45) is 0 Å². The summed E-state index contributed by atoms with van der Waals surface area (Å²) in [7, 11) is 4.14. The standard InChI is InChI=1S/C11H24N2/c1-5-7-9-11(12-3)13(4)10-8-6-2/h9,12H,5-8,10H2,1-4H3/b11-9-. The van der Waals surface area contributed by atoms with E-state index in [4.69, 9.17) is 0 Å². The minimum absolute atomic E-state index is 1.15. The molecule has 1 N–H and O–H groups in total. The lowest BCUT2D eigenvalue weighted by atomic mass is 10.3. The van der Waals surface area contributed by atoms with E-state index in [1.165, 1.54) is 25.1 Å². The van der Waals surface area contributed by atoms with Gasteiger partial charge in [0.2, 0.25) is 0 Å². The van der Waals surface area contributed by atoms with Crippen LogP contribution < -0.4 is 5.32 Å². The monoisotopic (exact) mass is 184 g/mol. The molecule has 0 amide bonds. The van der Waals surface area contributed by atoms with Gasteiger partial charge in [0, 0.05) is 20.6 Å². The molecule has 0 atom stereocenters. The third-order valence-electron chi connectivity index (χ3n) is 2.14. The van der Waals surface area contributed by atoms with Crippen LogP contribution in [0.5, 0.6) is 0 Å². The molecule has 0 spiro atoms. The quantitative estimate of drug-likeness (QED) is 0.654. The van der Waals surface area contributed by atoms with Gasteiger partial charge in [-0.3, -0.25) is 0 Å². The zero-order valence-electron chi connectivity index (χ0n) is 9.56. The highest BCUT2D eigenvalue weighted by molar-refractivity contribution is 4.96. The van der Waals surface area contributed by atoms with Gasteiger partial charge >= 0.3 is 0 Å². The van der Waals surface area contributed by atoms with Gasteiger partial charge in [0.25, 0.3) is 0 Å². The van der Waals surface area contributed by atoms with Crippen LogP contribution in [0.25, 0.3) is 0 Å². The molecule has 2 nitrogen and oxygen atoms in total. The Morgan fingerprint density at radius 1 is 1.31 bits per heavy atom. The van der Waals surface area contributed by atoms with Crippen molar-refractivity contribution in [2.75, 3.05) is 20.6 Å². The number of hydrogen-bond acceptors (Lipinski definition) is 2. The summed E-state index contributed by atoms with van der Waals surface area (Å²) in [6.45, 7) is 5.57. The first-order chi connectivity index (χ1) is 6.26. The van der Waals surface area contributed by atoms with E-state index in [9.17, 15) is 0 Å². The first-order valence-electron chi connectivity index (χ1n) is 5.35. The molecule has 2 heteroatoms. The first kappa shape index (κ1) is 12.3. The van der Waals surface area contributed by atoms with E-state index in [1.54, 1.807) is 0 Å². The number of unbranched alkanes of at least 4 members (excludes halogenated alkanes) is 2. The van der Waals surface area contributed by atoms with Crippen molar-refractivity contribution in [3.8, 4) is 0 Å². The maximum absolute atomic E-state index is 3.23. The molecule has 0 aromatic rings. The molecule has 0 rings (SSSR count). The molecule has 0 saturated carbocycles. The Morgan fingerprint density at radius 2 is 2.00 bits per heavy atom.